The zero-order valence-electron chi connectivity index (χ0n) is 12.6. The molecule has 0 fully saturated rings. The molecule has 0 spiro atoms. The van der Waals surface area contributed by atoms with E-state index < -0.39 is 0 Å². The summed E-state index contributed by atoms with van der Waals surface area (Å²) in [7, 11) is 0. The van der Waals surface area contributed by atoms with Gasteiger partial charge in [-0.1, -0.05) is 42.0 Å². The van der Waals surface area contributed by atoms with Crippen molar-refractivity contribution in [2.45, 2.75) is 19.8 Å². The second-order valence-corrected chi connectivity index (χ2v) is 5.47. The fourth-order valence-electron chi connectivity index (χ4n) is 2.55. The highest BCUT2D eigenvalue weighted by atomic mass is 16.2. The average molecular weight is 293 g/mol. The number of rotatable bonds is 4. The summed E-state index contributed by atoms with van der Waals surface area (Å²) in [5.41, 5.74) is 8.16. The van der Waals surface area contributed by atoms with E-state index in [1.807, 2.05) is 43.3 Å². The molecule has 0 heterocycles. The van der Waals surface area contributed by atoms with Gasteiger partial charge in [-0.2, -0.15) is 5.10 Å². The molecule has 0 saturated heterocycles. The number of hydrogen-bond donors (Lipinski definition) is 2. The second kappa shape index (κ2) is 6.43. The first-order chi connectivity index (χ1) is 10.7. The van der Waals surface area contributed by atoms with Gasteiger partial charge < -0.3 is 5.32 Å². The van der Waals surface area contributed by atoms with Crippen LogP contribution >= 0.6 is 0 Å². The number of amides is 1. The molecule has 2 aromatic carbocycles. The molecule has 0 radical (unpaired) electrons. The van der Waals surface area contributed by atoms with Crippen LogP contribution in [0.5, 0.6) is 0 Å². The molecule has 0 bridgehead atoms. The highest BCUT2D eigenvalue weighted by Gasteiger charge is 2.16. The Kier molecular flexibility index (Phi) is 4.19. The second-order valence-electron chi connectivity index (χ2n) is 5.47. The average Bonchev–Trinajstić information content (AvgIpc) is 2.96. The molecule has 0 saturated carbocycles. The van der Waals surface area contributed by atoms with Crippen molar-refractivity contribution in [3.63, 3.8) is 0 Å². The molecule has 3 rings (SSSR count). The molecule has 1 amide bonds. The van der Waals surface area contributed by atoms with Gasteiger partial charge in [0.2, 0.25) is 0 Å². The van der Waals surface area contributed by atoms with Crippen LogP contribution < -0.4 is 10.7 Å². The third-order valence-corrected chi connectivity index (χ3v) is 3.78. The van der Waals surface area contributed by atoms with Crippen LogP contribution in [0.3, 0.4) is 0 Å². The van der Waals surface area contributed by atoms with E-state index in [4.69, 9.17) is 0 Å². The molecule has 4 nitrogen and oxygen atoms in total. The first-order valence-corrected chi connectivity index (χ1v) is 7.46. The third-order valence-electron chi connectivity index (χ3n) is 3.78. The van der Waals surface area contributed by atoms with E-state index in [9.17, 15) is 4.79 Å². The summed E-state index contributed by atoms with van der Waals surface area (Å²) in [5, 5.41) is 7.35. The van der Waals surface area contributed by atoms with Gasteiger partial charge in [0.25, 0.3) is 5.91 Å². The van der Waals surface area contributed by atoms with Crippen LogP contribution in [0.1, 0.15) is 23.1 Å². The van der Waals surface area contributed by atoms with Crippen LogP contribution in [0.4, 0.5) is 5.69 Å². The number of carbonyl (C=O) groups is 1. The number of carbonyl (C=O) groups excluding carboxylic acids is 1. The molecule has 0 aromatic heterocycles. The van der Waals surface area contributed by atoms with Gasteiger partial charge in [0.1, 0.15) is 0 Å². The van der Waals surface area contributed by atoms with Crippen LogP contribution in [0.25, 0.3) is 0 Å². The number of hydrogen-bond acceptors (Lipinski definition) is 3. The Bertz CT molecular complexity index is 705. The van der Waals surface area contributed by atoms with Crippen LogP contribution in [-0.2, 0) is 11.2 Å². The topological polar surface area (TPSA) is 53.5 Å². The molecule has 0 aliphatic heterocycles. The minimum atomic E-state index is -0.141. The predicted octanol–water partition coefficient (Wildman–Crippen LogP) is 2.87. The lowest BCUT2D eigenvalue weighted by atomic mass is 10.1. The highest BCUT2D eigenvalue weighted by Crippen LogP contribution is 2.21. The van der Waals surface area contributed by atoms with E-state index >= 15 is 0 Å². The summed E-state index contributed by atoms with van der Waals surface area (Å²) in [6.07, 6.45) is 1.87. The van der Waals surface area contributed by atoms with Gasteiger partial charge in [0, 0.05) is 11.3 Å². The lowest BCUT2D eigenvalue weighted by Crippen LogP contribution is -2.26. The van der Waals surface area contributed by atoms with Crippen molar-refractivity contribution >= 4 is 17.3 Å². The van der Waals surface area contributed by atoms with Crippen molar-refractivity contribution in [1.82, 2.24) is 5.43 Å². The standard InChI is InChI=1S/C18H19N3O/c1-13-6-9-15(10-7-13)19-12-18(22)21-20-17-11-8-14-4-2-3-5-16(14)17/h2-7,9-10,19H,8,11-12H2,1H3,(H,21,22)/b20-17+. The summed E-state index contributed by atoms with van der Waals surface area (Å²) in [6, 6.07) is 16.1. The molecule has 4 heteroatoms. The van der Waals surface area contributed by atoms with Gasteiger partial charge in [-0.3, -0.25) is 4.79 Å². The summed E-state index contributed by atoms with van der Waals surface area (Å²) in [6.45, 7) is 2.24. The number of anilines is 1. The van der Waals surface area contributed by atoms with Crippen molar-refractivity contribution in [3.8, 4) is 0 Å². The zero-order chi connectivity index (χ0) is 15.4. The van der Waals surface area contributed by atoms with Crippen molar-refractivity contribution in [2.75, 3.05) is 11.9 Å². The predicted molar refractivity (Wildman–Crippen MR) is 89.1 cm³/mol. The Morgan fingerprint density at radius 1 is 1.09 bits per heavy atom. The number of fused-ring (bicyclic) bond motifs is 1. The first-order valence-electron chi connectivity index (χ1n) is 7.46. The van der Waals surface area contributed by atoms with Gasteiger partial charge in [0.15, 0.2) is 0 Å². The minimum Gasteiger partial charge on any atom is -0.376 e. The maximum Gasteiger partial charge on any atom is 0.259 e. The summed E-state index contributed by atoms with van der Waals surface area (Å²) >= 11 is 0. The molecular formula is C18H19N3O. The minimum absolute atomic E-state index is 0.141. The number of hydrazone groups is 1. The number of benzene rings is 2. The molecule has 0 atom stereocenters. The molecule has 1 aliphatic carbocycles. The van der Waals surface area contributed by atoms with Gasteiger partial charge >= 0.3 is 0 Å². The SMILES string of the molecule is Cc1ccc(NCC(=O)N/N=C2\CCc3ccccc32)cc1. The molecular weight excluding hydrogens is 274 g/mol. The number of nitrogens with one attached hydrogen (secondary N) is 2. The smallest absolute Gasteiger partial charge is 0.259 e. The quantitative estimate of drug-likeness (QED) is 0.852. The largest absolute Gasteiger partial charge is 0.376 e. The zero-order valence-corrected chi connectivity index (χ0v) is 12.6. The monoisotopic (exact) mass is 293 g/mol. The van der Waals surface area contributed by atoms with Crippen molar-refractivity contribution < 1.29 is 4.79 Å². The van der Waals surface area contributed by atoms with E-state index in [0.717, 1.165) is 29.8 Å². The Hall–Kier alpha value is -2.62. The molecule has 22 heavy (non-hydrogen) atoms. The van der Waals surface area contributed by atoms with Crippen LogP contribution in [-0.4, -0.2) is 18.2 Å². The van der Waals surface area contributed by atoms with Gasteiger partial charge in [-0.25, -0.2) is 5.43 Å². The lowest BCUT2D eigenvalue weighted by Gasteiger charge is -2.06. The Morgan fingerprint density at radius 3 is 2.68 bits per heavy atom. The van der Waals surface area contributed by atoms with Crippen LogP contribution in [0, 0.1) is 6.92 Å². The third kappa shape index (κ3) is 3.34. The first kappa shape index (κ1) is 14.3. The Morgan fingerprint density at radius 2 is 1.86 bits per heavy atom. The molecule has 2 N–H and O–H groups in total. The fourth-order valence-corrected chi connectivity index (χ4v) is 2.55. The van der Waals surface area contributed by atoms with Crippen molar-refractivity contribution in [2.24, 2.45) is 5.10 Å². The normalized spacial score (nSPS) is 14.7. The van der Waals surface area contributed by atoms with Gasteiger partial charge in [-0.15, -0.1) is 0 Å². The van der Waals surface area contributed by atoms with Crippen molar-refractivity contribution in [1.29, 1.82) is 0 Å². The molecule has 2 aromatic rings. The number of nitrogens with zero attached hydrogens (tertiary/aromatic N) is 1. The Labute approximate surface area is 130 Å². The van der Waals surface area contributed by atoms with E-state index in [2.05, 4.69) is 28.0 Å². The van der Waals surface area contributed by atoms with Gasteiger partial charge in [-0.05, 0) is 37.5 Å². The molecule has 1 aliphatic rings. The number of aryl methyl sites for hydroxylation is 2. The van der Waals surface area contributed by atoms with E-state index in [-0.39, 0.29) is 12.5 Å². The Balaban J connectivity index is 1.55. The van der Waals surface area contributed by atoms with Crippen molar-refractivity contribution in [3.05, 3.63) is 65.2 Å². The summed E-state index contributed by atoms with van der Waals surface area (Å²) in [5.74, 6) is -0.141. The van der Waals surface area contributed by atoms with Crippen LogP contribution in [0.15, 0.2) is 53.6 Å². The maximum atomic E-state index is 11.9. The maximum absolute atomic E-state index is 11.9. The van der Waals surface area contributed by atoms with Gasteiger partial charge in [0.05, 0.1) is 12.3 Å². The van der Waals surface area contributed by atoms with E-state index in [1.54, 1.807) is 0 Å². The molecule has 112 valence electrons. The van der Waals surface area contributed by atoms with E-state index in [0.29, 0.717) is 0 Å². The van der Waals surface area contributed by atoms with Crippen LogP contribution in [0.2, 0.25) is 0 Å². The fraction of sp³-hybridized carbons (Fsp3) is 0.222. The summed E-state index contributed by atoms with van der Waals surface area (Å²) < 4.78 is 0. The van der Waals surface area contributed by atoms with E-state index in [1.165, 1.54) is 11.1 Å². The molecule has 0 unspecified atom stereocenters. The summed E-state index contributed by atoms with van der Waals surface area (Å²) in [4.78, 5) is 11.9. The lowest BCUT2D eigenvalue weighted by molar-refractivity contribution is -0.119. The highest BCUT2D eigenvalue weighted by molar-refractivity contribution is 6.04.